The van der Waals surface area contributed by atoms with Gasteiger partial charge in [0.05, 0.1) is 22.7 Å². The van der Waals surface area contributed by atoms with Gasteiger partial charge in [-0.15, -0.1) is 0 Å². The zero-order valence-electron chi connectivity index (χ0n) is 27.2. The number of benzene rings is 7. The van der Waals surface area contributed by atoms with Gasteiger partial charge in [0.25, 0.3) is 0 Å². The van der Waals surface area contributed by atoms with Gasteiger partial charge in [0.1, 0.15) is 0 Å². The number of hydrogen-bond donors (Lipinski definition) is 0. The number of para-hydroxylation sites is 5. The fraction of sp³-hybridized carbons (Fsp3) is 0.0667. The second-order valence-corrected chi connectivity index (χ2v) is 15.6. The van der Waals surface area contributed by atoms with E-state index in [-0.39, 0.29) is 5.41 Å². The molecule has 0 amide bonds. The summed E-state index contributed by atoms with van der Waals surface area (Å²) in [5.41, 5.74) is 14.9. The minimum atomic E-state index is -0.0797. The van der Waals surface area contributed by atoms with E-state index in [9.17, 15) is 0 Å². The fourth-order valence-corrected chi connectivity index (χ4v) is 10.1. The highest BCUT2D eigenvalue weighted by Crippen LogP contribution is 2.57. The van der Waals surface area contributed by atoms with Crippen LogP contribution in [0.5, 0.6) is 0 Å². The number of nitrogens with zero attached hydrogens (tertiary/aromatic N) is 2. The van der Waals surface area contributed by atoms with E-state index in [2.05, 4.69) is 181 Å². The summed E-state index contributed by atoms with van der Waals surface area (Å²) < 4.78 is 0. The first-order valence-electron chi connectivity index (χ1n) is 16.8. The lowest BCUT2D eigenvalue weighted by Gasteiger charge is -2.40. The summed E-state index contributed by atoms with van der Waals surface area (Å²) >= 11 is 3.80. The van der Waals surface area contributed by atoms with Crippen LogP contribution in [0.15, 0.2) is 177 Å². The molecule has 1 aliphatic carbocycles. The maximum absolute atomic E-state index is 2.46. The Labute approximate surface area is 296 Å². The molecule has 0 radical (unpaired) electrons. The second kappa shape index (κ2) is 10.9. The third-order valence-electron chi connectivity index (χ3n) is 10.2. The molecule has 4 heteroatoms. The van der Waals surface area contributed by atoms with Gasteiger partial charge in [-0.3, -0.25) is 0 Å². The lowest BCUT2D eigenvalue weighted by Crippen LogP contribution is -2.23. The van der Waals surface area contributed by atoms with Crippen molar-refractivity contribution in [1.29, 1.82) is 0 Å². The summed E-state index contributed by atoms with van der Waals surface area (Å²) in [5.74, 6) is 0. The lowest BCUT2D eigenvalue weighted by molar-refractivity contribution is 0.658. The fourth-order valence-electron chi connectivity index (χ4n) is 7.82. The van der Waals surface area contributed by atoms with Crippen molar-refractivity contribution in [3.05, 3.63) is 169 Å². The van der Waals surface area contributed by atoms with E-state index in [1.165, 1.54) is 64.3 Å². The summed E-state index contributed by atoms with van der Waals surface area (Å²) in [4.78, 5) is 10.2. The molecule has 0 N–H and O–H groups in total. The van der Waals surface area contributed by atoms with Gasteiger partial charge in [-0.25, -0.2) is 0 Å². The average Bonchev–Trinajstić information content (AvgIpc) is 3.36. The molecule has 3 aliphatic rings. The van der Waals surface area contributed by atoms with Gasteiger partial charge in [-0.05, 0) is 112 Å². The van der Waals surface area contributed by atoms with Crippen molar-refractivity contribution in [3.8, 4) is 22.3 Å². The Balaban J connectivity index is 1.01. The monoisotopic (exact) mass is 664 g/mol. The molecule has 0 saturated carbocycles. The van der Waals surface area contributed by atoms with Gasteiger partial charge in [-0.2, -0.15) is 0 Å². The van der Waals surface area contributed by atoms with E-state index in [4.69, 9.17) is 0 Å². The Hall–Kier alpha value is -5.16. The number of hydrogen-bond acceptors (Lipinski definition) is 4. The molecular weight excluding hydrogens is 633 g/mol. The Morgan fingerprint density at radius 3 is 1.45 bits per heavy atom. The number of fused-ring (bicyclic) bond motifs is 7. The quantitative estimate of drug-likeness (QED) is 0.185. The minimum Gasteiger partial charge on any atom is -0.306 e. The molecule has 0 aromatic heterocycles. The van der Waals surface area contributed by atoms with Crippen LogP contribution in [0.2, 0.25) is 0 Å². The van der Waals surface area contributed by atoms with Crippen LogP contribution in [0, 0.1) is 0 Å². The predicted molar refractivity (Wildman–Crippen MR) is 207 cm³/mol. The van der Waals surface area contributed by atoms with Crippen LogP contribution in [0.4, 0.5) is 34.1 Å². The molecule has 0 fully saturated rings. The van der Waals surface area contributed by atoms with Gasteiger partial charge in [0.15, 0.2) is 0 Å². The summed E-state index contributed by atoms with van der Waals surface area (Å²) in [6.07, 6.45) is 0. The van der Waals surface area contributed by atoms with Crippen molar-refractivity contribution in [2.24, 2.45) is 0 Å². The zero-order valence-corrected chi connectivity index (χ0v) is 28.9. The molecule has 2 aliphatic heterocycles. The van der Waals surface area contributed by atoms with Crippen molar-refractivity contribution in [3.63, 3.8) is 0 Å². The smallest absolute Gasteiger partial charge is 0.0703 e. The third kappa shape index (κ3) is 4.44. The molecule has 10 rings (SSSR count). The van der Waals surface area contributed by atoms with Crippen LogP contribution in [0.1, 0.15) is 25.0 Å². The first-order valence-corrected chi connectivity index (χ1v) is 18.4. The highest BCUT2D eigenvalue weighted by Gasteiger charge is 2.37. The summed E-state index contributed by atoms with van der Waals surface area (Å²) in [7, 11) is 0. The van der Waals surface area contributed by atoms with Crippen LogP contribution >= 0.6 is 23.5 Å². The van der Waals surface area contributed by atoms with Crippen LogP contribution in [0.3, 0.4) is 0 Å². The van der Waals surface area contributed by atoms with Crippen molar-refractivity contribution in [2.75, 3.05) is 9.80 Å². The molecule has 0 bridgehead atoms. The molecule has 7 aromatic carbocycles. The summed E-state index contributed by atoms with van der Waals surface area (Å²) in [6, 6.07) is 57.9. The normalized spacial score (nSPS) is 14.7. The second-order valence-electron chi connectivity index (χ2n) is 13.4. The Bertz CT molecular complexity index is 2380. The van der Waals surface area contributed by atoms with Crippen LogP contribution in [-0.2, 0) is 5.41 Å². The highest BCUT2D eigenvalue weighted by atomic mass is 32.2. The van der Waals surface area contributed by atoms with Gasteiger partial charge >= 0.3 is 0 Å². The van der Waals surface area contributed by atoms with E-state index >= 15 is 0 Å². The van der Waals surface area contributed by atoms with Crippen molar-refractivity contribution in [2.45, 2.75) is 38.8 Å². The molecule has 7 aromatic rings. The lowest BCUT2D eigenvalue weighted by atomic mass is 9.81. The third-order valence-corrected chi connectivity index (χ3v) is 12.8. The maximum Gasteiger partial charge on any atom is 0.0703 e. The van der Waals surface area contributed by atoms with Gasteiger partial charge in [-0.1, -0.05) is 116 Å². The number of anilines is 6. The maximum atomic E-state index is 2.46. The minimum absolute atomic E-state index is 0.0797. The molecule has 0 spiro atoms. The van der Waals surface area contributed by atoms with E-state index in [0.717, 1.165) is 22.7 Å². The molecule has 234 valence electrons. The Kier molecular flexibility index (Phi) is 6.43. The Morgan fingerprint density at radius 2 is 0.857 bits per heavy atom. The standard InChI is InChI=1S/C45H32N2S2/c1-45(2)35-26-30(22-25-33(35)34-27-43-44(28-36(34)45)49-42-19-11-10-18-41(42)48-43)29-20-23-32(24-21-29)47-39-16-8-6-14-37(39)46(31-12-4-3-5-13-31)38-15-7-9-17-40(38)47/h3-28H,1-2H3. The van der Waals surface area contributed by atoms with Gasteiger partial charge in [0.2, 0.25) is 0 Å². The van der Waals surface area contributed by atoms with Crippen LogP contribution in [0.25, 0.3) is 22.3 Å². The SMILES string of the molecule is CC1(C)c2cc(-c3ccc(N4c5ccccc5N(c5ccccc5)c5ccccc54)cc3)ccc2-c2cc3c(cc21)Sc1ccccc1S3. The van der Waals surface area contributed by atoms with Crippen molar-refractivity contribution >= 4 is 57.6 Å². The molecular formula is C45H32N2S2. The first-order chi connectivity index (χ1) is 24.0. The van der Waals surface area contributed by atoms with Crippen LogP contribution in [-0.4, -0.2) is 0 Å². The average molecular weight is 665 g/mol. The first kappa shape index (κ1) is 28.8. The molecule has 0 saturated heterocycles. The molecule has 49 heavy (non-hydrogen) atoms. The molecule has 2 nitrogen and oxygen atoms in total. The van der Waals surface area contributed by atoms with Gasteiger partial charge in [0, 0.05) is 36.4 Å². The summed E-state index contributed by atoms with van der Waals surface area (Å²) in [5, 5.41) is 0. The molecule has 2 heterocycles. The zero-order chi connectivity index (χ0) is 32.7. The van der Waals surface area contributed by atoms with E-state index in [1.54, 1.807) is 0 Å². The topological polar surface area (TPSA) is 6.48 Å². The van der Waals surface area contributed by atoms with E-state index in [0.29, 0.717) is 0 Å². The highest BCUT2D eigenvalue weighted by molar-refractivity contribution is 8.05. The summed E-state index contributed by atoms with van der Waals surface area (Å²) in [6.45, 7) is 4.77. The van der Waals surface area contributed by atoms with Crippen molar-refractivity contribution in [1.82, 2.24) is 0 Å². The Morgan fingerprint density at radius 1 is 0.388 bits per heavy atom. The predicted octanol–water partition coefficient (Wildman–Crippen LogP) is 13.5. The van der Waals surface area contributed by atoms with Crippen molar-refractivity contribution < 1.29 is 0 Å². The van der Waals surface area contributed by atoms with Crippen LogP contribution < -0.4 is 9.80 Å². The van der Waals surface area contributed by atoms with E-state index in [1.807, 2.05) is 23.5 Å². The molecule has 0 unspecified atom stereocenters. The number of rotatable bonds is 3. The largest absolute Gasteiger partial charge is 0.306 e. The molecule has 0 atom stereocenters. The van der Waals surface area contributed by atoms with Gasteiger partial charge < -0.3 is 9.80 Å². The van der Waals surface area contributed by atoms with E-state index < -0.39 is 0 Å².